The van der Waals surface area contributed by atoms with Crippen LogP contribution >= 0.6 is 0 Å². The summed E-state index contributed by atoms with van der Waals surface area (Å²) in [5, 5.41) is 0. The normalized spacial score (nSPS) is 15.8. The van der Waals surface area contributed by atoms with Gasteiger partial charge in [-0.25, -0.2) is 0 Å². The molecule has 27 heavy (non-hydrogen) atoms. The second kappa shape index (κ2) is 8.30. The fraction of sp³-hybridized carbons (Fsp3) is 0.407. The third-order valence-corrected chi connectivity index (χ3v) is 6.25. The molecule has 0 heteroatoms. The van der Waals surface area contributed by atoms with E-state index in [1.807, 2.05) is 0 Å². The highest BCUT2D eigenvalue weighted by atomic mass is 14.3. The van der Waals surface area contributed by atoms with E-state index in [2.05, 4.69) is 83.7 Å². The summed E-state index contributed by atoms with van der Waals surface area (Å²) in [4.78, 5) is 0. The lowest BCUT2D eigenvalue weighted by Crippen LogP contribution is -2.12. The Morgan fingerprint density at radius 1 is 1.07 bits per heavy atom. The molecule has 0 heterocycles. The molecule has 0 saturated carbocycles. The average Bonchev–Trinajstić information content (AvgIpc) is 2.98. The molecule has 2 aromatic rings. The van der Waals surface area contributed by atoms with Crippen molar-refractivity contribution < 1.29 is 0 Å². The Balaban J connectivity index is 2.10. The summed E-state index contributed by atoms with van der Waals surface area (Å²) < 4.78 is 0. The van der Waals surface area contributed by atoms with E-state index in [0.29, 0.717) is 5.92 Å². The maximum absolute atomic E-state index is 4.06. The van der Waals surface area contributed by atoms with E-state index in [9.17, 15) is 0 Å². The van der Waals surface area contributed by atoms with Crippen LogP contribution in [0.1, 0.15) is 75.1 Å². The molecule has 0 amide bonds. The average molecular weight is 359 g/mol. The highest BCUT2D eigenvalue weighted by Gasteiger charge is 2.31. The van der Waals surface area contributed by atoms with Gasteiger partial charge < -0.3 is 0 Å². The van der Waals surface area contributed by atoms with Gasteiger partial charge >= 0.3 is 0 Å². The van der Waals surface area contributed by atoms with Crippen LogP contribution in [0.2, 0.25) is 0 Å². The zero-order valence-corrected chi connectivity index (χ0v) is 17.7. The highest BCUT2D eigenvalue weighted by molar-refractivity contribution is 5.81. The zero-order valence-electron chi connectivity index (χ0n) is 17.7. The van der Waals surface area contributed by atoms with Gasteiger partial charge in [0.05, 0.1) is 0 Å². The summed E-state index contributed by atoms with van der Waals surface area (Å²) in [5.74, 6) is 1.28. The van der Waals surface area contributed by atoms with Crippen molar-refractivity contribution in [3.63, 3.8) is 0 Å². The lowest BCUT2D eigenvalue weighted by Gasteiger charge is -2.27. The molecular weight excluding hydrogens is 324 g/mol. The lowest BCUT2D eigenvalue weighted by molar-refractivity contribution is 0.438. The Hall–Kier alpha value is -2.08. The van der Waals surface area contributed by atoms with E-state index < -0.39 is 0 Å². The van der Waals surface area contributed by atoms with E-state index in [-0.39, 0.29) is 0 Å². The third kappa shape index (κ3) is 3.95. The van der Waals surface area contributed by atoms with Crippen LogP contribution in [0, 0.1) is 12.8 Å². The zero-order chi connectivity index (χ0) is 19.6. The minimum Gasteiger partial charge on any atom is -0.100 e. The molecule has 0 radical (unpaired) electrons. The molecule has 1 unspecified atom stereocenters. The molecule has 1 aliphatic rings. The minimum atomic E-state index is 0.559. The first-order valence-corrected chi connectivity index (χ1v) is 10.5. The molecule has 0 aliphatic heterocycles. The summed E-state index contributed by atoms with van der Waals surface area (Å²) in [6.07, 6.45) is 7.03. The highest BCUT2D eigenvalue weighted by Crippen LogP contribution is 2.48. The first-order valence-electron chi connectivity index (χ1n) is 10.5. The molecular formula is C27H34. The fourth-order valence-corrected chi connectivity index (χ4v) is 4.76. The van der Waals surface area contributed by atoms with Crippen LogP contribution in [0.15, 0.2) is 54.1 Å². The van der Waals surface area contributed by atoms with Crippen molar-refractivity contribution in [2.75, 3.05) is 0 Å². The molecule has 1 aliphatic carbocycles. The van der Waals surface area contributed by atoms with E-state index in [4.69, 9.17) is 0 Å². The summed E-state index contributed by atoms with van der Waals surface area (Å²) in [6, 6.07) is 13.8. The van der Waals surface area contributed by atoms with E-state index >= 15 is 0 Å². The summed E-state index contributed by atoms with van der Waals surface area (Å²) >= 11 is 0. The number of rotatable bonds is 7. The molecule has 3 rings (SSSR count). The maximum atomic E-state index is 4.06. The molecule has 0 fully saturated rings. The minimum absolute atomic E-state index is 0.559. The maximum Gasteiger partial charge on any atom is 0.00890 e. The van der Waals surface area contributed by atoms with E-state index in [1.165, 1.54) is 51.8 Å². The molecule has 0 aromatic heterocycles. The Labute approximate surface area is 166 Å². The van der Waals surface area contributed by atoms with Crippen molar-refractivity contribution in [1.82, 2.24) is 0 Å². The molecule has 142 valence electrons. The van der Waals surface area contributed by atoms with Gasteiger partial charge in [0, 0.05) is 5.92 Å². The molecule has 1 atom stereocenters. The number of benzene rings is 2. The standard InChI is InChI=1S/C27H34/c1-7-22(8-2)26-20(6)16-24-15-13-19(5)25(27(24)26)23-11-9-10-21(17-23)14-12-18(3)4/h9-11,13,15-17,22,26H,3,7-8,12,14H2,1-2,4-6H3. The monoisotopic (exact) mass is 358 g/mol. The largest absolute Gasteiger partial charge is 0.100 e. The van der Waals surface area contributed by atoms with Crippen LogP contribution in [0.4, 0.5) is 0 Å². The lowest BCUT2D eigenvalue weighted by atomic mass is 9.77. The third-order valence-electron chi connectivity index (χ3n) is 6.25. The van der Waals surface area contributed by atoms with Gasteiger partial charge in [0.25, 0.3) is 0 Å². The smallest absolute Gasteiger partial charge is 0.00890 e. The summed E-state index contributed by atoms with van der Waals surface area (Å²) in [5.41, 5.74) is 11.4. The SMILES string of the molecule is C=C(C)CCc1cccc(-c2c(C)ccc3c2C(C(CC)CC)C(C)=C3)c1. The van der Waals surface area contributed by atoms with Crippen molar-refractivity contribution >= 4 is 6.08 Å². The van der Waals surface area contributed by atoms with Crippen molar-refractivity contribution in [2.45, 2.75) is 66.2 Å². The Bertz CT molecular complexity index is 862. The Morgan fingerprint density at radius 3 is 2.48 bits per heavy atom. The van der Waals surface area contributed by atoms with Crippen LogP contribution < -0.4 is 0 Å². The fourth-order valence-electron chi connectivity index (χ4n) is 4.76. The number of fused-ring (bicyclic) bond motifs is 1. The second-order valence-corrected chi connectivity index (χ2v) is 8.36. The first kappa shape index (κ1) is 19.7. The van der Waals surface area contributed by atoms with Crippen molar-refractivity contribution in [2.24, 2.45) is 5.92 Å². The van der Waals surface area contributed by atoms with E-state index in [0.717, 1.165) is 18.8 Å². The molecule has 0 nitrogen and oxygen atoms in total. The molecule has 0 N–H and O–H groups in total. The van der Waals surface area contributed by atoms with Gasteiger partial charge in [0.2, 0.25) is 0 Å². The van der Waals surface area contributed by atoms with Crippen LogP contribution in [0.5, 0.6) is 0 Å². The van der Waals surface area contributed by atoms with Gasteiger partial charge in [-0.3, -0.25) is 0 Å². The van der Waals surface area contributed by atoms with Crippen molar-refractivity contribution in [1.29, 1.82) is 0 Å². The van der Waals surface area contributed by atoms with Crippen LogP contribution in [0.3, 0.4) is 0 Å². The second-order valence-electron chi connectivity index (χ2n) is 8.36. The van der Waals surface area contributed by atoms with Crippen LogP contribution in [0.25, 0.3) is 17.2 Å². The number of allylic oxidation sites excluding steroid dienone is 2. The topological polar surface area (TPSA) is 0 Å². The molecule has 0 saturated heterocycles. The van der Waals surface area contributed by atoms with Crippen LogP contribution in [-0.2, 0) is 6.42 Å². The van der Waals surface area contributed by atoms with E-state index in [1.54, 1.807) is 5.56 Å². The molecule has 2 aromatic carbocycles. The predicted octanol–water partition coefficient (Wildman–Crippen LogP) is 8.11. The summed E-state index contributed by atoms with van der Waals surface area (Å²) in [7, 11) is 0. The predicted molar refractivity (Wildman–Crippen MR) is 120 cm³/mol. The van der Waals surface area contributed by atoms with Crippen molar-refractivity contribution in [3.05, 3.63) is 76.4 Å². The van der Waals surface area contributed by atoms with Gasteiger partial charge in [-0.15, -0.1) is 6.58 Å². The van der Waals surface area contributed by atoms with Gasteiger partial charge in [0.1, 0.15) is 0 Å². The Kier molecular flexibility index (Phi) is 6.05. The van der Waals surface area contributed by atoms with Crippen LogP contribution in [-0.4, -0.2) is 0 Å². The number of hydrogen-bond acceptors (Lipinski definition) is 0. The first-order chi connectivity index (χ1) is 13.0. The quantitative estimate of drug-likeness (QED) is 0.438. The Morgan fingerprint density at radius 2 is 1.81 bits per heavy atom. The van der Waals surface area contributed by atoms with Crippen molar-refractivity contribution in [3.8, 4) is 11.1 Å². The van der Waals surface area contributed by atoms with Gasteiger partial charge in [0.15, 0.2) is 0 Å². The van der Waals surface area contributed by atoms with Gasteiger partial charge in [-0.05, 0) is 72.9 Å². The molecule has 0 spiro atoms. The molecule has 0 bridgehead atoms. The number of aryl methyl sites for hydroxylation is 2. The van der Waals surface area contributed by atoms with Gasteiger partial charge in [-0.1, -0.05) is 80.3 Å². The summed E-state index contributed by atoms with van der Waals surface area (Å²) in [6.45, 7) is 15.5. The number of hydrogen-bond donors (Lipinski definition) is 0. The van der Waals surface area contributed by atoms with Gasteiger partial charge in [-0.2, -0.15) is 0 Å².